The van der Waals surface area contributed by atoms with E-state index in [1.54, 1.807) is 6.92 Å². The number of aliphatic carboxylic acids is 1. The van der Waals surface area contributed by atoms with Crippen LogP contribution >= 0.6 is 0 Å². The summed E-state index contributed by atoms with van der Waals surface area (Å²) in [6.07, 6.45) is -4.69. The maximum atomic E-state index is 12.2. The van der Waals surface area contributed by atoms with E-state index in [1.165, 1.54) is 0 Å². The number of carboxylic acids is 1. The number of nitrogens with one attached hydrogen (secondary N) is 1. The van der Waals surface area contributed by atoms with Gasteiger partial charge in [-0.15, -0.1) is 0 Å². The molecule has 0 spiro atoms. The first-order valence-corrected chi connectivity index (χ1v) is 6.03. The number of hydrogen-bond acceptors (Lipinski definition) is 3. The molecular weight excluding hydrogens is 281 g/mol. The molecule has 0 aromatic rings. The lowest BCUT2D eigenvalue weighted by atomic mass is 10.2. The first-order valence-electron chi connectivity index (χ1n) is 6.03. The SMILES string of the molecule is CCCN(CC(F)(F)F)C(=O)NC(=O)CCCC(=O)O. The fraction of sp³-hybridized carbons (Fsp3) is 0.727. The Morgan fingerprint density at radius 2 is 1.80 bits per heavy atom. The fourth-order valence-corrected chi connectivity index (χ4v) is 1.40. The first-order chi connectivity index (χ1) is 9.15. The van der Waals surface area contributed by atoms with Gasteiger partial charge in [0.25, 0.3) is 0 Å². The topological polar surface area (TPSA) is 86.7 Å². The zero-order chi connectivity index (χ0) is 15.8. The molecular formula is C11H17F3N2O4. The highest BCUT2D eigenvalue weighted by Crippen LogP contribution is 2.16. The van der Waals surface area contributed by atoms with Gasteiger partial charge in [-0.25, -0.2) is 4.79 Å². The predicted molar refractivity (Wildman–Crippen MR) is 62.9 cm³/mol. The number of rotatable bonds is 7. The van der Waals surface area contributed by atoms with Gasteiger partial charge >= 0.3 is 18.2 Å². The maximum Gasteiger partial charge on any atom is 0.406 e. The van der Waals surface area contributed by atoms with Crippen LogP contribution in [0.25, 0.3) is 0 Å². The lowest BCUT2D eigenvalue weighted by Crippen LogP contribution is -2.47. The van der Waals surface area contributed by atoms with E-state index in [0.717, 1.165) is 0 Å². The smallest absolute Gasteiger partial charge is 0.406 e. The second kappa shape index (κ2) is 8.39. The van der Waals surface area contributed by atoms with Crippen LogP contribution in [0.3, 0.4) is 0 Å². The van der Waals surface area contributed by atoms with Crippen molar-refractivity contribution in [2.45, 2.75) is 38.8 Å². The Morgan fingerprint density at radius 3 is 2.25 bits per heavy atom. The normalized spacial score (nSPS) is 11.0. The Hall–Kier alpha value is -1.80. The van der Waals surface area contributed by atoms with Crippen molar-refractivity contribution in [3.8, 4) is 0 Å². The molecule has 0 aliphatic heterocycles. The fourth-order valence-electron chi connectivity index (χ4n) is 1.40. The molecule has 6 nitrogen and oxygen atoms in total. The summed E-state index contributed by atoms with van der Waals surface area (Å²) in [6, 6.07) is -1.12. The summed E-state index contributed by atoms with van der Waals surface area (Å²) in [6.45, 7) is 0.0359. The third kappa shape index (κ3) is 9.17. The Balaban J connectivity index is 4.30. The van der Waals surface area contributed by atoms with E-state index < -0.39 is 30.6 Å². The minimum atomic E-state index is -4.54. The van der Waals surface area contributed by atoms with Gasteiger partial charge < -0.3 is 10.0 Å². The molecule has 0 rings (SSSR count). The molecule has 0 bridgehead atoms. The van der Waals surface area contributed by atoms with Crippen molar-refractivity contribution in [2.24, 2.45) is 0 Å². The van der Waals surface area contributed by atoms with E-state index in [-0.39, 0.29) is 25.8 Å². The van der Waals surface area contributed by atoms with Gasteiger partial charge in [0.05, 0.1) is 0 Å². The van der Waals surface area contributed by atoms with Crippen LogP contribution in [0.1, 0.15) is 32.6 Å². The van der Waals surface area contributed by atoms with Crippen molar-refractivity contribution in [3.05, 3.63) is 0 Å². The number of amides is 3. The van der Waals surface area contributed by atoms with Crippen LogP contribution < -0.4 is 5.32 Å². The average Bonchev–Trinajstić information content (AvgIpc) is 2.25. The number of imide groups is 1. The van der Waals surface area contributed by atoms with Crippen molar-refractivity contribution in [1.82, 2.24) is 10.2 Å². The molecule has 0 aromatic carbocycles. The van der Waals surface area contributed by atoms with Gasteiger partial charge in [0.2, 0.25) is 5.91 Å². The number of alkyl halides is 3. The Labute approximate surface area is 113 Å². The quantitative estimate of drug-likeness (QED) is 0.749. The van der Waals surface area contributed by atoms with E-state index in [1.807, 2.05) is 5.32 Å². The highest BCUT2D eigenvalue weighted by molar-refractivity contribution is 5.94. The van der Waals surface area contributed by atoms with Crippen molar-refractivity contribution < 1.29 is 32.7 Å². The number of hydrogen-bond donors (Lipinski definition) is 2. The minimum absolute atomic E-state index is 0.0154. The Kier molecular flexibility index (Phi) is 7.63. The monoisotopic (exact) mass is 298 g/mol. The maximum absolute atomic E-state index is 12.2. The second-order valence-electron chi connectivity index (χ2n) is 4.14. The molecule has 0 aliphatic rings. The molecule has 3 amide bonds. The highest BCUT2D eigenvalue weighted by atomic mass is 19.4. The van der Waals surface area contributed by atoms with E-state index in [4.69, 9.17) is 5.11 Å². The molecule has 0 radical (unpaired) electrons. The molecule has 2 N–H and O–H groups in total. The van der Waals surface area contributed by atoms with Gasteiger partial charge in [0, 0.05) is 19.4 Å². The van der Waals surface area contributed by atoms with E-state index in [0.29, 0.717) is 11.3 Å². The molecule has 0 saturated heterocycles. The third-order valence-corrected chi connectivity index (χ3v) is 2.19. The minimum Gasteiger partial charge on any atom is -0.481 e. The summed E-state index contributed by atoms with van der Waals surface area (Å²) in [5, 5.41) is 10.2. The van der Waals surface area contributed by atoms with Crippen molar-refractivity contribution in [3.63, 3.8) is 0 Å². The van der Waals surface area contributed by atoms with Crippen molar-refractivity contribution in [2.75, 3.05) is 13.1 Å². The summed E-state index contributed by atoms with van der Waals surface area (Å²) >= 11 is 0. The number of carbonyl (C=O) groups excluding carboxylic acids is 2. The lowest BCUT2D eigenvalue weighted by Gasteiger charge is -2.23. The molecule has 0 aromatic heterocycles. The second-order valence-corrected chi connectivity index (χ2v) is 4.14. The summed E-state index contributed by atoms with van der Waals surface area (Å²) in [5.74, 6) is -1.88. The van der Waals surface area contributed by atoms with Crippen LogP contribution in [0.15, 0.2) is 0 Å². The Bertz CT molecular complexity index is 358. The number of carboxylic acid groups (broad SMARTS) is 1. The summed E-state index contributed by atoms with van der Waals surface area (Å²) in [5.41, 5.74) is 0. The molecule has 20 heavy (non-hydrogen) atoms. The summed E-state index contributed by atoms with van der Waals surface area (Å²) in [7, 11) is 0. The Morgan fingerprint density at radius 1 is 1.20 bits per heavy atom. The molecule has 0 fully saturated rings. The standard InChI is InChI=1S/C11H17F3N2O4/c1-2-6-16(7-11(12,13)14)10(20)15-8(17)4-3-5-9(18)19/h2-7H2,1H3,(H,18,19)(H,15,17,20). The summed E-state index contributed by atoms with van der Waals surface area (Å²) in [4.78, 5) is 33.5. The van der Waals surface area contributed by atoms with Crippen molar-refractivity contribution >= 4 is 17.9 Å². The molecule has 0 saturated carbocycles. The number of nitrogens with zero attached hydrogens (tertiary/aromatic N) is 1. The molecule has 0 unspecified atom stereocenters. The van der Waals surface area contributed by atoms with Crippen LogP contribution in [0.4, 0.5) is 18.0 Å². The molecule has 0 aliphatic carbocycles. The molecule has 9 heteroatoms. The van der Waals surface area contributed by atoms with Crippen LogP contribution in [-0.2, 0) is 9.59 Å². The molecule has 0 atom stereocenters. The zero-order valence-corrected chi connectivity index (χ0v) is 11.0. The highest BCUT2D eigenvalue weighted by Gasteiger charge is 2.33. The third-order valence-electron chi connectivity index (χ3n) is 2.19. The molecule has 0 heterocycles. The zero-order valence-electron chi connectivity index (χ0n) is 11.0. The first kappa shape index (κ1) is 18.2. The predicted octanol–water partition coefficient (Wildman–Crippen LogP) is 1.75. The van der Waals surface area contributed by atoms with Crippen LogP contribution in [-0.4, -0.2) is 47.2 Å². The van der Waals surface area contributed by atoms with Gasteiger partial charge in [0.1, 0.15) is 6.54 Å². The number of carbonyl (C=O) groups is 3. The van der Waals surface area contributed by atoms with Gasteiger partial charge in [0.15, 0.2) is 0 Å². The van der Waals surface area contributed by atoms with Gasteiger partial charge in [-0.05, 0) is 12.8 Å². The number of halogens is 3. The van der Waals surface area contributed by atoms with Gasteiger partial charge in [-0.1, -0.05) is 6.92 Å². The van der Waals surface area contributed by atoms with Crippen LogP contribution in [0.5, 0.6) is 0 Å². The van der Waals surface area contributed by atoms with E-state index >= 15 is 0 Å². The number of urea groups is 1. The lowest BCUT2D eigenvalue weighted by molar-refractivity contribution is -0.141. The van der Waals surface area contributed by atoms with Crippen LogP contribution in [0, 0.1) is 0 Å². The van der Waals surface area contributed by atoms with Gasteiger partial charge in [-0.3, -0.25) is 14.9 Å². The summed E-state index contributed by atoms with van der Waals surface area (Å²) < 4.78 is 36.7. The van der Waals surface area contributed by atoms with E-state index in [9.17, 15) is 27.6 Å². The average molecular weight is 298 g/mol. The van der Waals surface area contributed by atoms with Gasteiger partial charge in [-0.2, -0.15) is 13.2 Å². The van der Waals surface area contributed by atoms with Crippen LogP contribution in [0.2, 0.25) is 0 Å². The van der Waals surface area contributed by atoms with Crippen molar-refractivity contribution in [1.29, 1.82) is 0 Å². The molecule has 116 valence electrons. The van der Waals surface area contributed by atoms with E-state index in [2.05, 4.69) is 0 Å². The largest absolute Gasteiger partial charge is 0.481 e.